The molecule has 25 heavy (non-hydrogen) atoms. The lowest BCUT2D eigenvalue weighted by Crippen LogP contribution is -2.51. The van der Waals surface area contributed by atoms with E-state index in [9.17, 15) is 4.39 Å². The van der Waals surface area contributed by atoms with Gasteiger partial charge >= 0.3 is 0 Å². The van der Waals surface area contributed by atoms with Crippen LogP contribution in [0.1, 0.15) is 12.0 Å². The summed E-state index contributed by atoms with van der Waals surface area (Å²) < 4.78 is 14.5. The summed E-state index contributed by atoms with van der Waals surface area (Å²) in [5.41, 5.74) is 6.82. The number of aromatic nitrogens is 1. The number of hydrogen-bond donors (Lipinski definition) is 1. The average Bonchev–Trinajstić information content (AvgIpc) is 3.15. The van der Waals surface area contributed by atoms with Crippen LogP contribution in [0.25, 0.3) is 0 Å². The Balaban J connectivity index is 1.43. The zero-order valence-electron chi connectivity index (χ0n) is 13.9. The number of benzene rings is 1. The molecule has 1 aliphatic rings. The van der Waals surface area contributed by atoms with Crippen LogP contribution < -0.4 is 10.6 Å². The molecule has 2 aromatic rings. The molecule has 0 bridgehead atoms. The number of nitrogens with zero attached hydrogens (tertiary/aromatic N) is 4. The summed E-state index contributed by atoms with van der Waals surface area (Å²) in [5, 5.41) is 3.05. The number of aliphatic imine (C=N–C) groups is 1. The zero-order chi connectivity index (χ0) is 17.6. The summed E-state index contributed by atoms with van der Waals surface area (Å²) >= 11 is 4.92. The van der Waals surface area contributed by atoms with Crippen molar-refractivity contribution in [1.29, 1.82) is 0 Å². The molecule has 0 amide bonds. The second-order valence-corrected chi connectivity index (χ2v) is 7.66. The van der Waals surface area contributed by atoms with Gasteiger partial charge in [-0.3, -0.25) is 4.99 Å². The molecule has 0 aliphatic carbocycles. The van der Waals surface area contributed by atoms with Gasteiger partial charge in [0.05, 0.1) is 0 Å². The number of guanidine groups is 1. The van der Waals surface area contributed by atoms with Crippen LogP contribution in [0, 0.1) is 5.82 Å². The highest BCUT2D eigenvalue weighted by molar-refractivity contribution is 9.10. The Hall–Kier alpha value is -1.67. The van der Waals surface area contributed by atoms with E-state index in [1.807, 2.05) is 23.7 Å². The van der Waals surface area contributed by atoms with Gasteiger partial charge in [0, 0.05) is 48.8 Å². The predicted molar refractivity (Wildman–Crippen MR) is 105 cm³/mol. The SMILES string of the molecule is NC(=NCCCc1ccc(Br)cc1F)N1CCN(c2nccs2)CC1. The molecule has 3 rings (SSSR count). The summed E-state index contributed by atoms with van der Waals surface area (Å²) in [6.45, 7) is 4.09. The van der Waals surface area contributed by atoms with E-state index in [-0.39, 0.29) is 5.82 Å². The first kappa shape index (κ1) is 18.1. The lowest BCUT2D eigenvalue weighted by molar-refractivity contribution is 0.380. The van der Waals surface area contributed by atoms with E-state index in [0.29, 0.717) is 24.5 Å². The summed E-state index contributed by atoms with van der Waals surface area (Å²) in [5.74, 6) is 0.403. The second kappa shape index (κ2) is 8.62. The Bertz CT molecular complexity index is 714. The van der Waals surface area contributed by atoms with Crippen LogP contribution >= 0.6 is 27.3 Å². The molecule has 1 aliphatic heterocycles. The molecule has 0 spiro atoms. The minimum atomic E-state index is -0.176. The minimum Gasteiger partial charge on any atom is -0.370 e. The number of anilines is 1. The number of halogens is 2. The first-order valence-corrected chi connectivity index (χ1v) is 9.94. The summed E-state index contributed by atoms with van der Waals surface area (Å²) in [7, 11) is 0. The Labute approximate surface area is 159 Å². The number of piperazine rings is 1. The molecule has 0 radical (unpaired) electrons. The minimum absolute atomic E-state index is 0.176. The highest BCUT2D eigenvalue weighted by Gasteiger charge is 2.19. The maximum absolute atomic E-state index is 13.8. The Morgan fingerprint density at radius 1 is 1.32 bits per heavy atom. The van der Waals surface area contributed by atoms with Crippen molar-refractivity contribution in [3.63, 3.8) is 0 Å². The van der Waals surface area contributed by atoms with Gasteiger partial charge in [-0.25, -0.2) is 9.37 Å². The van der Waals surface area contributed by atoms with Gasteiger partial charge in [-0.15, -0.1) is 11.3 Å². The molecule has 5 nitrogen and oxygen atoms in total. The van der Waals surface area contributed by atoms with Gasteiger partial charge in [0.1, 0.15) is 5.82 Å². The van der Waals surface area contributed by atoms with Gasteiger partial charge in [0.25, 0.3) is 0 Å². The van der Waals surface area contributed by atoms with E-state index < -0.39 is 0 Å². The first-order chi connectivity index (χ1) is 12.1. The maximum atomic E-state index is 13.8. The van der Waals surface area contributed by atoms with Gasteiger partial charge in [-0.05, 0) is 30.5 Å². The van der Waals surface area contributed by atoms with Gasteiger partial charge in [-0.1, -0.05) is 22.0 Å². The second-order valence-electron chi connectivity index (χ2n) is 5.87. The van der Waals surface area contributed by atoms with Crippen molar-refractivity contribution in [3.8, 4) is 0 Å². The number of rotatable bonds is 5. The van der Waals surface area contributed by atoms with Crippen LogP contribution in [-0.2, 0) is 6.42 Å². The molecular formula is C17H21BrFN5S. The topological polar surface area (TPSA) is 57.8 Å². The predicted octanol–water partition coefficient (Wildman–Crippen LogP) is 3.11. The largest absolute Gasteiger partial charge is 0.370 e. The van der Waals surface area contributed by atoms with Crippen molar-refractivity contribution in [2.45, 2.75) is 12.8 Å². The number of thiazole rings is 1. The Kier molecular flexibility index (Phi) is 6.25. The molecule has 0 unspecified atom stereocenters. The summed E-state index contributed by atoms with van der Waals surface area (Å²) in [6.07, 6.45) is 3.27. The molecule has 0 saturated carbocycles. The third-order valence-corrected chi connectivity index (χ3v) is 5.51. The van der Waals surface area contributed by atoms with Crippen molar-refractivity contribution in [1.82, 2.24) is 9.88 Å². The van der Waals surface area contributed by atoms with E-state index in [0.717, 1.165) is 42.2 Å². The van der Waals surface area contributed by atoms with E-state index in [1.165, 1.54) is 6.07 Å². The van der Waals surface area contributed by atoms with Crippen molar-refractivity contribution >= 4 is 38.4 Å². The highest BCUT2D eigenvalue weighted by Crippen LogP contribution is 2.19. The van der Waals surface area contributed by atoms with Crippen LogP contribution in [0.5, 0.6) is 0 Å². The van der Waals surface area contributed by atoms with Crippen LogP contribution in [0.15, 0.2) is 39.2 Å². The third-order valence-electron chi connectivity index (χ3n) is 4.19. The fourth-order valence-electron chi connectivity index (χ4n) is 2.79. The number of nitrogens with two attached hydrogens (primary N) is 1. The quantitative estimate of drug-likeness (QED) is 0.454. The lowest BCUT2D eigenvalue weighted by Gasteiger charge is -2.35. The molecule has 1 fully saturated rings. The fourth-order valence-corrected chi connectivity index (χ4v) is 3.82. The van der Waals surface area contributed by atoms with Crippen LogP contribution in [0.2, 0.25) is 0 Å². The molecule has 1 saturated heterocycles. The maximum Gasteiger partial charge on any atom is 0.191 e. The molecule has 2 N–H and O–H groups in total. The molecule has 8 heteroatoms. The summed E-state index contributed by atoms with van der Waals surface area (Å²) in [6, 6.07) is 5.16. The first-order valence-electron chi connectivity index (χ1n) is 8.27. The number of hydrogen-bond acceptors (Lipinski definition) is 4. The van der Waals surface area contributed by atoms with E-state index >= 15 is 0 Å². The Morgan fingerprint density at radius 3 is 2.80 bits per heavy atom. The van der Waals surface area contributed by atoms with Gasteiger partial charge in [0.2, 0.25) is 0 Å². The van der Waals surface area contributed by atoms with Crippen LogP contribution in [0.4, 0.5) is 9.52 Å². The fraction of sp³-hybridized carbons (Fsp3) is 0.412. The molecule has 1 aromatic carbocycles. The van der Waals surface area contributed by atoms with Gasteiger partial charge in [-0.2, -0.15) is 0 Å². The van der Waals surface area contributed by atoms with E-state index in [4.69, 9.17) is 5.73 Å². The monoisotopic (exact) mass is 425 g/mol. The molecule has 1 aromatic heterocycles. The number of aryl methyl sites for hydroxylation is 1. The van der Waals surface area contributed by atoms with Crippen molar-refractivity contribution < 1.29 is 4.39 Å². The van der Waals surface area contributed by atoms with Gasteiger partial charge < -0.3 is 15.5 Å². The molecule has 0 atom stereocenters. The zero-order valence-corrected chi connectivity index (χ0v) is 16.3. The van der Waals surface area contributed by atoms with Crippen LogP contribution in [-0.4, -0.2) is 48.6 Å². The smallest absolute Gasteiger partial charge is 0.191 e. The van der Waals surface area contributed by atoms with Crippen molar-refractivity contribution in [2.75, 3.05) is 37.6 Å². The Morgan fingerprint density at radius 2 is 2.12 bits per heavy atom. The lowest BCUT2D eigenvalue weighted by atomic mass is 10.1. The summed E-state index contributed by atoms with van der Waals surface area (Å²) in [4.78, 5) is 13.2. The highest BCUT2D eigenvalue weighted by atomic mass is 79.9. The van der Waals surface area contributed by atoms with E-state index in [1.54, 1.807) is 11.3 Å². The van der Waals surface area contributed by atoms with E-state index in [2.05, 4.69) is 35.7 Å². The molecule has 2 heterocycles. The van der Waals surface area contributed by atoms with Gasteiger partial charge in [0.15, 0.2) is 11.1 Å². The normalized spacial score (nSPS) is 15.7. The molecular weight excluding hydrogens is 405 g/mol. The van der Waals surface area contributed by atoms with Crippen molar-refractivity contribution in [2.24, 2.45) is 10.7 Å². The molecule has 134 valence electrons. The van der Waals surface area contributed by atoms with Crippen LogP contribution in [0.3, 0.4) is 0 Å². The van der Waals surface area contributed by atoms with Crippen molar-refractivity contribution in [3.05, 3.63) is 45.6 Å². The third kappa shape index (κ3) is 4.92. The standard InChI is InChI=1S/C17H21BrFN5S/c18-14-4-3-13(15(19)12-14)2-1-5-21-16(20)23-7-9-24(10-8-23)17-22-6-11-25-17/h3-4,6,11-12H,1-2,5,7-10H2,(H2,20,21). The average molecular weight is 426 g/mol.